The van der Waals surface area contributed by atoms with Gasteiger partial charge >= 0.3 is 0 Å². The molecule has 1 N–H and O–H groups in total. The molecule has 3 heteroatoms. The van der Waals surface area contributed by atoms with Crippen molar-refractivity contribution < 1.29 is 4.79 Å². The quantitative estimate of drug-likeness (QED) is 0.669. The standard InChI is InChI=1S/C9H15NOS/c1-9(4-2-8(11)10-9)7-3-5-12-6-7/h7H,2-6H2,1H3,(H,10,11). The Morgan fingerprint density at radius 1 is 1.67 bits per heavy atom. The fraction of sp³-hybridized carbons (Fsp3) is 0.889. The van der Waals surface area contributed by atoms with Crippen LogP contribution >= 0.6 is 11.8 Å². The molecule has 0 radical (unpaired) electrons. The average Bonchev–Trinajstić information content (AvgIpc) is 2.59. The highest BCUT2D eigenvalue weighted by molar-refractivity contribution is 7.99. The number of carbonyl (C=O) groups is 1. The number of rotatable bonds is 1. The molecule has 0 saturated carbocycles. The third-order valence-corrected chi connectivity index (χ3v) is 4.29. The lowest BCUT2D eigenvalue weighted by Gasteiger charge is -2.30. The molecule has 2 aliphatic rings. The Labute approximate surface area is 77.5 Å². The van der Waals surface area contributed by atoms with Crippen LogP contribution in [0.15, 0.2) is 0 Å². The number of hydrogen-bond donors (Lipinski definition) is 1. The summed E-state index contributed by atoms with van der Waals surface area (Å²) in [6, 6.07) is 0. The lowest BCUT2D eigenvalue weighted by molar-refractivity contribution is -0.119. The molecule has 0 aliphatic carbocycles. The van der Waals surface area contributed by atoms with Crippen LogP contribution in [0.2, 0.25) is 0 Å². The second kappa shape index (κ2) is 2.95. The lowest BCUT2D eigenvalue weighted by atomic mass is 9.84. The van der Waals surface area contributed by atoms with Crippen LogP contribution < -0.4 is 5.32 Å². The third kappa shape index (κ3) is 1.35. The second-order valence-corrected chi connectivity index (χ2v) is 5.18. The van der Waals surface area contributed by atoms with E-state index < -0.39 is 0 Å². The summed E-state index contributed by atoms with van der Waals surface area (Å²) in [6.07, 6.45) is 3.05. The van der Waals surface area contributed by atoms with Gasteiger partial charge in [-0.05, 0) is 37.2 Å². The molecule has 2 atom stereocenters. The van der Waals surface area contributed by atoms with Gasteiger partial charge in [-0.25, -0.2) is 0 Å². The highest BCUT2D eigenvalue weighted by Gasteiger charge is 2.41. The van der Waals surface area contributed by atoms with Crippen molar-refractivity contribution in [3.05, 3.63) is 0 Å². The van der Waals surface area contributed by atoms with Gasteiger partial charge in [0.25, 0.3) is 0 Å². The van der Waals surface area contributed by atoms with E-state index >= 15 is 0 Å². The molecule has 2 rings (SSSR count). The summed E-state index contributed by atoms with van der Waals surface area (Å²) in [5.41, 5.74) is 0.126. The highest BCUT2D eigenvalue weighted by Crippen LogP contribution is 2.37. The van der Waals surface area contributed by atoms with Crippen molar-refractivity contribution in [1.29, 1.82) is 0 Å². The van der Waals surface area contributed by atoms with Crippen LogP contribution in [0.25, 0.3) is 0 Å². The predicted molar refractivity (Wildman–Crippen MR) is 51.2 cm³/mol. The number of carbonyl (C=O) groups excluding carboxylic acids is 1. The van der Waals surface area contributed by atoms with Crippen LogP contribution in [0.3, 0.4) is 0 Å². The van der Waals surface area contributed by atoms with Gasteiger partial charge in [-0.15, -0.1) is 0 Å². The fourth-order valence-corrected chi connectivity index (χ4v) is 3.60. The van der Waals surface area contributed by atoms with Crippen molar-refractivity contribution in [2.75, 3.05) is 11.5 Å². The van der Waals surface area contributed by atoms with Crippen LogP contribution in [-0.4, -0.2) is 23.0 Å². The minimum Gasteiger partial charge on any atom is -0.351 e. The summed E-state index contributed by atoms with van der Waals surface area (Å²) in [7, 11) is 0. The zero-order chi connectivity index (χ0) is 8.60. The van der Waals surface area contributed by atoms with Crippen LogP contribution in [0.4, 0.5) is 0 Å². The molecule has 0 bridgehead atoms. The monoisotopic (exact) mass is 185 g/mol. The Kier molecular flexibility index (Phi) is 2.07. The topological polar surface area (TPSA) is 29.1 Å². The van der Waals surface area contributed by atoms with Gasteiger partial charge in [0.1, 0.15) is 0 Å². The molecule has 0 aromatic carbocycles. The van der Waals surface area contributed by atoms with E-state index in [0.717, 1.165) is 12.8 Å². The van der Waals surface area contributed by atoms with E-state index in [-0.39, 0.29) is 11.4 Å². The van der Waals surface area contributed by atoms with E-state index in [1.54, 1.807) is 0 Å². The molecular weight excluding hydrogens is 170 g/mol. The Balaban J connectivity index is 2.05. The lowest BCUT2D eigenvalue weighted by Crippen LogP contribution is -2.45. The molecular formula is C9H15NOS. The zero-order valence-electron chi connectivity index (χ0n) is 7.43. The highest BCUT2D eigenvalue weighted by atomic mass is 32.2. The Morgan fingerprint density at radius 3 is 3.00 bits per heavy atom. The minimum atomic E-state index is 0.126. The molecule has 0 aromatic rings. The van der Waals surface area contributed by atoms with E-state index in [1.165, 1.54) is 17.9 Å². The van der Waals surface area contributed by atoms with Crippen LogP contribution in [0.1, 0.15) is 26.2 Å². The molecule has 2 nitrogen and oxygen atoms in total. The van der Waals surface area contributed by atoms with Crippen molar-refractivity contribution in [3.8, 4) is 0 Å². The number of thioether (sulfide) groups is 1. The van der Waals surface area contributed by atoms with Crippen molar-refractivity contribution >= 4 is 17.7 Å². The second-order valence-electron chi connectivity index (χ2n) is 4.03. The minimum absolute atomic E-state index is 0.126. The largest absolute Gasteiger partial charge is 0.351 e. The normalized spacial score (nSPS) is 41.8. The number of hydrogen-bond acceptors (Lipinski definition) is 2. The van der Waals surface area contributed by atoms with Crippen LogP contribution in [-0.2, 0) is 4.79 Å². The van der Waals surface area contributed by atoms with E-state index in [9.17, 15) is 4.79 Å². The smallest absolute Gasteiger partial charge is 0.220 e. The van der Waals surface area contributed by atoms with Gasteiger partial charge in [-0.2, -0.15) is 11.8 Å². The predicted octanol–water partition coefficient (Wildman–Crippen LogP) is 1.41. The van der Waals surface area contributed by atoms with E-state index in [0.29, 0.717) is 5.92 Å². The Hall–Kier alpha value is -0.180. The maximum atomic E-state index is 11.1. The summed E-state index contributed by atoms with van der Waals surface area (Å²) in [6.45, 7) is 2.20. The van der Waals surface area contributed by atoms with Gasteiger partial charge in [0.05, 0.1) is 0 Å². The summed E-state index contributed by atoms with van der Waals surface area (Å²) < 4.78 is 0. The maximum Gasteiger partial charge on any atom is 0.220 e. The van der Waals surface area contributed by atoms with Crippen molar-refractivity contribution in [2.45, 2.75) is 31.7 Å². The summed E-state index contributed by atoms with van der Waals surface area (Å²) in [4.78, 5) is 11.1. The molecule has 2 heterocycles. The third-order valence-electron chi connectivity index (χ3n) is 3.13. The first-order valence-corrected chi connectivity index (χ1v) is 5.75. The molecule has 1 amide bonds. The summed E-state index contributed by atoms with van der Waals surface area (Å²) >= 11 is 2.02. The van der Waals surface area contributed by atoms with Crippen LogP contribution in [0.5, 0.6) is 0 Å². The SMILES string of the molecule is CC1(C2CCSC2)CCC(=O)N1. The Bertz CT molecular complexity index is 201. The van der Waals surface area contributed by atoms with Crippen molar-refractivity contribution in [3.63, 3.8) is 0 Å². The van der Waals surface area contributed by atoms with Crippen molar-refractivity contribution in [1.82, 2.24) is 5.32 Å². The molecule has 68 valence electrons. The first kappa shape index (κ1) is 8.42. The first-order valence-electron chi connectivity index (χ1n) is 4.59. The fourth-order valence-electron chi connectivity index (χ4n) is 2.16. The molecule has 0 spiro atoms. The van der Waals surface area contributed by atoms with Gasteiger partial charge in [0.2, 0.25) is 5.91 Å². The zero-order valence-corrected chi connectivity index (χ0v) is 8.25. The average molecular weight is 185 g/mol. The summed E-state index contributed by atoms with van der Waals surface area (Å²) in [5, 5.41) is 3.12. The molecule has 0 aromatic heterocycles. The van der Waals surface area contributed by atoms with E-state index in [4.69, 9.17) is 0 Å². The molecule has 2 fully saturated rings. The maximum absolute atomic E-state index is 11.1. The molecule has 2 aliphatic heterocycles. The van der Waals surface area contributed by atoms with E-state index in [1.807, 2.05) is 11.8 Å². The van der Waals surface area contributed by atoms with Gasteiger partial charge in [0, 0.05) is 12.0 Å². The summed E-state index contributed by atoms with van der Waals surface area (Å²) in [5.74, 6) is 3.47. The first-order chi connectivity index (χ1) is 5.71. The van der Waals surface area contributed by atoms with Gasteiger partial charge in [0.15, 0.2) is 0 Å². The van der Waals surface area contributed by atoms with Gasteiger partial charge in [-0.3, -0.25) is 4.79 Å². The Morgan fingerprint density at radius 2 is 2.50 bits per heavy atom. The molecule has 2 saturated heterocycles. The van der Waals surface area contributed by atoms with Crippen LogP contribution in [0, 0.1) is 5.92 Å². The number of nitrogens with one attached hydrogen (secondary N) is 1. The van der Waals surface area contributed by atoms with E-state index in [2.05, 4.69) is 12.2 Å². The number of amides is 1. The molecule has 12 heavy (non-hydrogen) atoms. The van der Waals surface area contributed by atoms with Crippen molar-refractivity contribution in [2.24, 2.45) is 5.92 Å². The molecule has 2 unspecified atom stereocenters. The van der Waals surface area contributed by atoms with Gasteiger partial charge < -0.3 is 5.32 Å². The van der Waals surface area contributed by atoms with Gasteiger partial charge in [-0.1, -0.05) is 0 Å².